The highest BCUT2D eigenvalue weighted by Crippen LogP contribution is 2.41. The number of rotatable bonds is 4. The van der Waals surface area contributed by atoms with Crippen molar-refractivity contribution in [2.24, 2.45) is 0 Å². The SMILES string of the molecule is COc1cccc(C#Cc2ccc([C@H]3[C@@H](CO)N(C(=O)c4ccccn4)[C@H]3C#N)cc2)c1. The molecule has 1 saturated heterocycles. The van der Waals surface area contributed by atoms with Crippen LogP contribution in [0.15, 0.2) is 72.9 Å². The van der Waals surface area contributed by atoms with Crippen LogP contribution in [0.3, 0.4) is 0 Å². The van der Waals surface area contributed by atoms with Crippen molar-refractivity contribution in [3.8, 4) is 23.7 Å². The fourth-order valence-electron chi connectivity index (χ4n) is 3.94. The van der Waals surface area contributed by atoms with Crippen LogP contribution >= 0.6 is 0 Å². The van der Waals surface area contributed by atoms with Gasteiger partial charge in [0.05, 0.1) is 25.8 Å². The zero-order valence-corrected chi connectivity index (χ0v) is 17.5. The summed E-state index contributed by atoms with van der Waals surface area (Å²) in [5.74, 6) is 6.35. The molecule has 1 aliphatic rings. The quantitative estimate of drug-likeness (QED) is 0.652. The first-order valence-electron chi connectivity index (χ1n) is 10.2. The van der Waals surface area contributed by atoms with E-state index in [1.807, 2.05) is 48.5 Å². The van der Waals surface area contributed by atoms with Crippen LogP contribution < -0.4 is 4.74 Å². The van der Waals surface area contributed by atoms with E-state index in [1.165, 1.54) is 11.1 Å². The first kappa shape index (κ1) is 21.1. The molecule has 0 bridgehead atoms. The van der Waals surface area contributed by atoms with Gasteiger partial charge in [0.15, 0.2) is 0 Å². The summed E-state index contributed by atoms with van der Waals surface area (Å²) in [7, 11) is 1.62. The van der Waals surface area contributed by atoms with Gasteiger partial charge in [-0.2, -0.15) is 5.26 Å². The van der Waals surface area contributed by atoms with Crippen LogP contribution in [-0.2, 0) is 0 Å². The van der Waals surface area contributed by atoms with Crippen molar-refractivity contribution in [3.63, 3.8) is 0 Å². The van der Waals surface area contributed by atoms with Crippen molar-refractivity contribution in [2.45, 2.75) is 18.0 Å². The molecule has 6 nitrogen and oxygen atoms in total. The number of nitrogens with zero attached hydrogens (tertiary/aromatic N) is 3. The number of benzene rings is 2. The molecule has 2 aromatic carbocycles. The van der Waals surface area contributed by atoms with Gasteiger partial charge in [0.25, 0.3) is 5.91 Å². The molecule has 0 aliphatic carbocycles. The van der Waals surface area contributed by atoms with Gasteiger partial charge in [0.2, 0.25) is 0 Å². The molecule has 0 unspecified atom stereocenters. The lowest BCUT2D eigenvalue weighted by molar-refractivity contribution is -0.00629. The molecule has 1 aliphatic heterocycles. The summed E-state index contributed by atoms with van der Waals surface area (Å²) in [5.41, 5.74) is 2.81. The van der Waals surface area contributed by atoms with Crippen molar-refractivity contribution >= 4 is 5.91 Å². The van der Waals surface area contributed by atoms with Gasteiger partial charge >= 0.3 is 0 Å². The minimum absolute atomic E-state index is 0.237. The monoisotopic (exact) mass is 423 g/mol. The molecule has 1 fully saturated rings. The number of amides is 1. The molecule has 0 saturated carbocycles. The zero-order valence-electron chi connectivity index (χ0n) is 17.5. The fraction of sp³-hybridized carbons (Fsp3) is 0.192. The number of ether oxygens (including phenoxy) is 1. The maximum Gasteiger partial charge on any atom is 0.273 e. The number of hydrogen-bond donors (Lipinski definition) is 1. The Morgan fingerprint density at radius 1 is 1.09 bits per heavy atom. The van der Waals surface area contributed by atoms with Gasteiger partial charge in [-0.25, -0.2) is 0 Å². The molecule has 32 heavy (non-hydrogen) atoms. The molecule has 4 rings (SSSR count). The summed E-state index contributed by atoms with van der Waals surface area (Å²) in [6.45, 7) is -0.237. The highest BCUT2D eigenvalue weighted by Gasteiger charge is 2.52. The van der Waals surface area contributed by atoms with Gasteiger partial charge in [-0.1, -0.05) is 36.1 Å². The van der Waals surface area contributed by atoms with Gasteiger partial charge in [-0.3, -0.25) is 9.78 Å². The molecular formula is C26H21N3O3. The maximum absolute atomic E-state index is 12.8. The summed E-state index contributed by atoms with van der Waals surface area (Å²) in [6, 6.07) is 21.2. The summed E-state index contributed by atoms with van der Waals surface area (Å²) < 4.78 is 5.22. The van der Waals surface area contributed by atoms with Crippen LogP contribution in [0.2, 0.25) is 0 Å². The van der Waals surface area contributed by atoms with E-state index in [0.29, 0.717) is 0 Å². The highest BCUT2D eigenvalue weighted by molar-refractivity contribution is 5.94. The second-order valence-electron chi connectivity index (χ2n) is 7.38. The molecule has 0 spiro atoms. The Kier molecular flexibility index (Phi) is 6.17. The van der Waals surface area contributed by atoms with E-state index in [-0.39, 0.29) is 24.1 Å². The minimum atomic E-state index is -0.671. The normalized spacial score (nSPS) is 19.2. The standard InChI is InChI=1S/C26H21N3O3/c1-32-21-6-4-5-19(15-21)9-8-18-10-12-20(13-11-18)25-23(16-27)29(24(25)17-30)26(31)22-7-2-3-14-28-22/h2-7,10-15,23-25,30H,17H2,1H3/t23-,24+,25+/m0/s1. The first-order chi connectivity index (χ1) is 15.7. The largest absolute Gasteiger partial charge is 0.497 e. The summed E-state index contributed by atoms with van der Waals surface area (Å²) >= 11 is 0. The molecule has 158 valence electrons. The Morgan fingerprint density at radius 3 is 2.53 bits per heavy atom. The third kappa shape index (κ3) is 4.05. The van der Waals surface area contributed by atoms with Crippen molar-refractivity contribution < 1.29 is 14.6 Å². The zero-order chi connectivity index (χ0) is 22.5. The van der Waals surface area contributed by atoms with Crippen LogP contribution in [0.5, 0.6) is 5.75 Å². The van der Waals surface area contributed by atoms with E-state index in [4.69, 9.17) is 4.74 Å². The van der Waals surface area contributed by atoms with E-state index in [0.717, 1.165) is 22.4 Å². The lowest BCUT2D eigenvalue weighted by Crippen LogP contribution is -2.65. The van der Waals surface area contributed by atoms with Crippen LogP contribution in [0, 0.1) is 23.2 Å². The summed E-state index contributed by atoms with van der Waals surface area (Å²) in [4.78, 5) is 18.3. The average Bonchev–Trinajstić information content (AvgIpc) is 2.84. The van der Waals surface area contributed by atoms with Crippen molar-refractivity contribution in [3.05, 3.63) is 95.3 Å². The Bertz CT molecular complexity index is 1210. The summed E-state index contributed by atoms with van der Waals surface area (Å²) in [5, 5.41) is 19.7. The van der Waals surface area contributed by atoms with Crippen LogP contribution in [0.25, 0.3) is 0 Å². The Balaban J connectivity index is 1.53. The van der Waals surface area contributed by atoms with Gasteiger partial charge in [0, 0.05) is 23.2 Å². The van der Waals surface area contributed by atoms with E-state index in [9.17, 15) is 15.2 Å². The smallest absolute Gasteiger partial charge is 0.273 e. The topological polar surface area (TPSA) is 86.5 Å². The number of carbonyl (C=O) groups is 1. The molecule has 2 heterocycles. The van der Waals surface area contributed by atoms with Crippen LogP contribution in [0.1, 0.15) is 33.1 Å². The van der Waals surface area contributed by atoms with Gasteiger partial charge in [-0.05, 0) is 48.0 Å². The number of nitriles is 1. The van der Waals surface area contributed by atoms with E-state index in [2.05, 4.69) is 22.9 Å². The van der Waals surface area contributed by atoms with Crippen molar-refractivity contribution in [2.75, 3.05) is 13.7 Å². The van der Waals surface area contributed by atoms with Gasteiger partial charge in [0.1, 0.15) is 17.5 Å². The molecular weight excluding hydrogens is 402 g/mol. The third-order valence-electron chi connectivity index (χ3n) is 5.57. The first-order valence-corrected chi connectivity index (χ1v) is 10.2. The molecule has 1 N–H and O–H groups in total. The number of likely N-dealkylation sites (tertiary alicyclic amines) is 1. The number of methoxy groups -OCH3 is 1. The number of aromatic nitrogens is 1. The fourth-order valence-corrected chi connectivity index (χ4v) is 3.94. The van der Waals surface area contributed by atoms with Crippen LogP contribution in [-0.4, -0.2) is 46.7 Å². The molecule has 3 aromatic rings. The molecule has 6 heteroatoms. The van der Waals surface area contributed by atoms with Crippen LogP contribution in [0.4, 0.5) is 0 Å². The predicted molar refractivity (Wildman–Crippen MR) is 119 cm³/mol. The minimum Gasteiger partial charge on any atom is -0.497 e. The lowest BCUT2D eigenvalue weighted by Gasteiger charge is -2.51. The molecule has 1 aromatic heterocycles. The second-order valence-corrected chi connectivity index (χ2v) is 7.38. The van der Waals surface area contributed by atoms with Crippen molar-refractivity contribution in [1.29, 1.82) is 5.26 Å². The molecule has 0 radical (unpaired) electrons. The highest BCUT2D eigenvalue weighted by atomic mass is 16.5. The number of carbonyl (C=O) groups excluding carboxylic acids is 1. The van der Waals surface area contributed by atoms with Gasteiger partial charge in [-0.15, -0.1) is 0 Å². The van der Waals surface area contributed by atoms with E-state index >= 15 is 0 Å². The Labute approximate surface area is 186 Å². The molecule has 3 atom stereocenters. The molecule has 1 amide bonds. The van der Waals surface area contributed by atoms with Gasteiger partial charge < -0.3 is 14.7 Å². The number of aliphatic hydroxyl groups excluding tert-OH is 1. The van der Waals surface area contributed by atoms with E-state index < -0.39 is 12.1 Å². The van der Waals surface area contributed by atoms with E-state index in [1.54, 1.807) is 25.3 Å². The Morgan fingerprint density at radius 2 is 1.88 bits per heavy atom. The second kappa shape index (κ2) is 9.34. The summed E-state index contributed by atoms with van der Waals surface area (Å²) in [6.07, 6.45) is 1.53. The number of hydrogen-bond acceptors (Lipinski definition) is 5. The third-order valence-corrected chi connectivity index (χ3v) is 5.57. The number of aliphatic hydroxyl groups is 1. The average molecular weight is 423 g/mol. The van der Waals surface area contributed by atoms with Crippen molar-refractivity contribution in [1.82, 2.24) is 9.88 Å². The Hall–Kier alpha value is -4.13. The lowest BCUT2D eigenvalue weighted by atomic mass is 9.75. The predicted octanol–water partition coefficient (Wildman–Crippen LogP) is 2.98. The number of pyridine rings is 1. The maximum atomic E-state index is 12.8.